The van der Waals surface area contributed by atoms with E-state index < -0.39 is 0 Å². The average molecular weight is 240 g/mol. The summed E-state index contributed by atoms with van der Waals surface area (Å²) in [5.74, 6) is 0.526. The van der Waals surface area contributed by atoms with E-state index in [2.05, 4.69) is 20.5 Å². The lowest BCUT2D eigenvalue weighted by Crippen LogP contribution is -1.99. The third-order valence-corrected chi connectivity index (χ3v) is 2.61. The SMILES string of the molecule is c1cc(NCc2ccc[nH]2)cc(-c2nnco2)c1. The summed E-state index contributed by atoms with van der Waals surface area (Å²) >= 11 is 0. The van der Waals surface area contributed by atoms with Crippen molar-refractivity contribution in [1.82, 2.24) is 15.2 Å². The zero-order chi connectivity index (χ0) is 12.2. The molecule has 2 heterocycles. The van der Waals surface area contributed by atoms with Crippen LogP contribution in [0.4, 0.5) is 5.69 Å². The van der Waals surface area contributed by atoms with Gasteiger partial charge in [0, 0.05) is 23.1 Å². The van der Waals surface area contributed by atoms with Gasteiger partial charge in [-0.1, -0.05) is 6.07 Å². The van der Waals surface area contributed by atoms with Gasteiger partial charge in [-0.2, -0.15) is 0 Å². The van der Waals surface area contributed by atoms with Crippen molar-refractivity contribution in [1.29, 1.82) is 0 Å². The first kappa shape index (κ1) is 10.6. The van der Waals surface area contributed by atoms with Gasteiger partial charge in [0.25, 0.3) is 0 Å². The number of benzene rings is 1. The van der Waals surface area contributed by atoms with Crippen LogP contribution in [0.5, 0.6) is 0 Å². The third-order valence-electron chi connectivity index (χ3n) is 2.61. The van der Waals surface area contributed by atoms with Crippen LogP contribution in [0.1, 0.15) is 5.69 Å². The molecule has 3 rings (SSSR count). The van der Waals surface area contributed by atoms with Crippen LogP contribution < -0.4 is 5.32 Å². The second-order valence-electron chi connectivity index (χ2n) is 3.87. The highest BCUT2D eigenvalue weighted by molar-refractivity contribution is 5.60. The molecule has 0 atom stereocenters. The molecular formula is C13H12N4O. The molecule has 2 aromatic heterocycles. The van der Waals surface area contributed by atoms with Crippen LogP contribution in [-0.4, -0.2) is 15.2 Å². The number of nitrogens with one attached hydrogen (secondary N) is 2. The van der Waals surface area contributed by atoms with Crippen molar-refractivity contribution in [2.45, 2.75) is 6.54 Å². The van der Waals surface area contributed by atoms with Crippen LogP contribution in [0.2, 0.25) is 0 Å². The number of aromatic nitrogens is 3. The maximum Gasteiger partial charge on any atom is 0.247 e. The minimum atomic E-state index is 0.526. The monoisotopic (exact) mass is 240 g/mol. The van der Waals surface area contributed by atoms with Crippen molar-refractivity contribution in [3.8, 4) is 11.5 Å². The van der Waals surface area contributed by atoms with E-state index in [1.807, 2.05) is 42.6 Å². The molecule has 0 aliphatic carbocycles. The van der Waals surface area contributed by atoms with Crippen LogP contribution in [0.3, 0.4) is 0 Å². The van der Waals surface area contributed by atoms with E-state index in [-0.39, 0.29) is 0 Å². The molecule has 1 aromatic carbocycles. The largest absolute Gasteiger partial charge is 0.423 e. The smallest absolute Gasteiger partial charge is 0.247 e. The molecule has 90 valence electrons. The molecule has 3 aromatic rings. The van der Waals surface area contributed by atoms with Gasteiger partial charge < -0.3 is 14.7 Å². The predicted octanol–water partition coefficient (Wildman–Crippen LogP) is 2.68. The maximum absolute atomic E-state index is 5.17. The molecular weight excluding hydrogens is 228 g/mol. The van der Waals surface area contributed by atoms with Gasteiger partial charge >= 0.3 is 0 Å². The molecule has 2 N–H and O–H groups in total. The zero-order valence-corrected chi connectivity index (χ0v) is 9.63. The zero-order valence-electron chi connectivity index (χ0n) is 9.63. The number of hydrogen-bond donors (Lipinski definition) is 2. The first-order valence-corrected chi connectivity index (χ1v) is 5.64. The molecule has 5 nitrogen and oxygen atoms in total. The van der Waals surface area contributed by atoms with Crippen molar-refractivity contribution >= 4 is 5.69 Å². The highest BCUT2D eigenvalue weighted by Crippen LogP contribution is 2.20. The van der Waals surface area contributed by atoms with Crippen molar-refractivity contribution in [2.75, 3.05) is 5.32 Å². The molecule has 0 aliphatic rings. The third kappa shape index (κ3) is 2.24. The van der Waals surface area contributed by atoms with Gasteiger partial charge in [0.05, 0.1) is 6.54 Å². The minimum absolute atomic E-state index is 0.526. The number of anilines is 1. The summed E-state index contributed by atoms with van der Waals surface area (Å²) in [5, 5.41) is 10.9. The summed E-state index contributed by atoms with van der Waals surface area (Å²) in [6.45, 7) is 0.750. The van der Waals surface area contributed by atoms with Gasteiger partial charge in [-0.15, -0.1) is 10.2 Å². The van der Waals surface area contributed by atoms with E-state index in [4.69, 9.17) is 4.42 Å². The highest BCUT2D eigenvalue weighted by Gasteiger charge is 2.03. The van der Waals surface area contributed by atoms with Crippen molar-refractivity contribution in [3.05, 3.63) is 54.7 Å². The fraction of sp³-hybridized carbons (Fsp3) is 0.0769. The highest BCUT2D eigenvalue weighted by atomic mass is 16.4. The molecule has 0 fully saturated rings. The number of rotatable bonds is 4. The Labute approximate surface area is 104 Å². The lowest BCUT2D eigenvalue weighted by Gasteiger charge is -2.05. The minimum Gasteiger partial charge on any atom is -0.423 e. The van der Waals surface area contributed by atoms with Gasteiger partial charge in [-0.05, 0) is 30.3 Å². The van der Waals surface area contributed by atoms with Gasteiger partial charge in [-0.3, -0.25) is 0 Å². The molecule has 0 unspecified atom stereocenters. The first-order chi connectivity index (χ1) is 8.92. The van der Waals surface area contributed by atoms with E-state index >= 15 is 0 Å². The molecule has 0 saturated carbocycles. The normalized spacial score (nSPS) is 10.4. The summed E-state index contributed by atoms with van der Waals surface area (Å²) in [6, 6.07) is 11.9. The summed E-state index contributed by atoms with van der Waals surface area (Å²) in [7, 11) is 0. The molecule has 0 saturated heterocycles. The Bertz CT molecular complexity index is 602. The van der Waals surface area contributed by atoms with E-state index in [1.165, 1.54) is 6.39 Å². The number of hydrogen-bond acceptors (Lipinski definition) is 4. The number of H-pyrrole nitrogens is 1. The molecule has 0 radical (unpaired) electrons. The van der Waals surface area contributed by atoms with Crippen LogP contribution >= 0.6 is 0 Å². The first-order valence-electron chi connectivity index (χ1n) is 5.64. The predicted molar refractivity (Wildman–Crippen MR) is 67.9 cm³/mol. The topological polar surface area (TPSA) is 66.7 Å². The van der Waals surface area contributed by atoms with E-state index in [9.17, 15) is 0 Å². The lowest BCUT2D eigenvalue weighted by molar-refractivity contribution is 0.568. The Hall–Kier alpha value is -2.56. The van der Waals surface area contributed by atoms with E-state index in [0.29, 0.717) is 5.89 Å². The van der Waals surface area contributed by atoms with E-state index in [1.54, 1.807) is 0 Å². The second-order valence-corrected chi connectivity index (χ2v) is 3.87. The van der Waals surface area contributed by atoms with Crippen molar-refractivity contribution in [2.24, 2.45) is 0 Å². The van der Waals surface area contributed by atoms with Crippen LogP contribution in [0, 0.1) is 0 Å². The van der Waals surface area contributed by atoms with Crippen molar-refractivity contribution in [3.63, 3.8) is 0 Å². The number of nitrogens with zero attached hydrogens (tertiary/aromatic N) is 2. The fourth-order valence-corrected chi connectivity index (χ4v) is 1.74. The summed E-state index contributed by atoms with van der Waals surface area (Å²) in [4.78, 5) is 3.15. The fourth-order valence-electron chi connectivity index (χ4n) is 1.74. The summed E-state index contributed by atoms with van der Waals surface area (Å²) in [5.41, 5.74) is 3.06. The Kier molecular flexibility index (Phi) is 2.79. The van der Waals surface area contributed by atoms with Crippen LogP contribution in [0.25, 0.3) is 11.5 Å². The maximum atomic E-state index is 5.17. The molecule has 0 spiro atoms. The molecule has 0 amide bonds. The van der Waals surface area contributed by atoms with E-state index in [0.717, 1.165) is 23.5 Å². The number of aromatic amines is 1. The molecule has 5 heteroatoms. The Morgan fingerprint density at radius 3 is 3.00 bits per heavy atom. The Balaban J connectivity index is 1.75. The molecule has 0 aliphatic heterocycles. The quantitative estimate of drug-likeness (QED) is 0.735. The van der Waals surface area contributed by atoms with Gasteiger partial charge in [0.15, 0.2) is 0 Å². The van der Waals surface area contributed by atoms with Crippen molar-refractivity contribution < 1.29 is 4.42 Å². The summed E-state index contributed by atoms with van der Waals surface area (Å²) < 4.78 is 5.17. The average Bonchev–Trinajstić information content (AvgIpc) is 3.10. The van der Waals surface area contributed by atoms with Crippen LogP contribution in [-0.2, 0) is 6.54 Å². The lowest BCUT2D eigenvalue weighted by atomic mass is 10.2. The Morgan fingerprint density at radius 1 is 1.22 bits per heavy atom. The molecule has 18 heavy (non-hydrogen) atoms. The Morgan fingerprint density at radius 2 is 2.22 bits per heavy atom. The second kappa shape index (κ2) is 4.75. The van der Waals surface area contributed by atoms with Gasteiger partial charge in [0.2, 0.25) is 12.3 Å². The van der Waals surface area contributed by atoms with Gasteiger partial charge in [0.1, 0.15) is 0 Å². The van der Waals surface area contributed by atoms with Crippen LogP contribution in [0.15, 0.2) is 53.4 Å². The summed E-state index contributed by atoms with van der Waals surface area (Å²) in [6.07, 6.45) is 3.24. The standard InChI is InChI=1S/C13H12N4O/c1-3-10(13-17-16-9-18-13)7-11(4-1)15-8-12-5-2-6-14-12/h1-7,9,14-15H,8H2. The van der Waals surface area contributed by atoms with Gasteiger partial charge in [-0.25, -0.2) is 0 Å². The molecule has 0 bridgehead atoms.